The number of furan rings is 1. The Hall–Kier alpha value is -2.25. The van der Waals surface area contributed by atoms with E-state index in [2.05, 4.69) is 4.98 Å². The van der Waals surface area contributed by atoms with Crippen LogP contribution in [0.1, 0.15) is 11.3 Å². The fraction of sp³-hybridized carbons (Fsp3) is 0. The number of nitriles is 1. The summed E-state index contributed by atoms with van der Waals surface area (Å²) in [5, 5.41) is 9.37. The maximum atomic E-state index is 9.14. The van der Waals surface area contributed by atoms with Crippen molar-refractivity contribution in [2.24, 2.45) is 5.73 Å². The monoisotopic (exact) mass is 245 g/mol. The molecule has 0 saturated carbocycles. The van der Waals surface area contributed by atoms with E-state index in [4.69, 9.17) is 27.0 Å². The average molecular weight is 246 g/mol. The molecular formula is C12H8ClN3O. The lowest BCUT2D eigenvalue weighted by molar-refractivity contribution is 0.554. The fourth-order valence-electron chi connectivity index (χ4n) is 1.38. The van der Waals surface area contributed by atoms with E-state index in [0.717, 1.165) is 0 Å². The van der Waals surface area contributed by atoms with Crippen molar-refractivity contribution in [3.63, 3.8) is 0 Å². The number of nitrogens with zero attached hydrogens (tertiary/aromatic N) is 2. The smallest absolute Gasteiger partial charge is 0.194 e. The lowest BCUT2D eigenvalue weighted by Gasteiger charge is -2.02. The highest BCUT2D eigenvalue weighted by Gasteiger charge is 2.11. The predicted octanol–water partition coefficient (Wildman–Crippen LogP) is 2.68. The van der Waals surface area contributed by atoms with Crippen LogP contribution in [-0.2, 0) is 0 Å². The number of hydrogen-bond acceptors (Lipinski definition) is 4. The van der Waals surface area contributed by atoms with Crippen LogP contribution in [0.5, 0.6) is 0 Å². The van der Waals surface area contributed by atoms with Crippen LogP contribution in [0.3, 0.4) is 0 Å². The molecular weight excluding hydrogens is 238 g/mol. The Morgan fingerprint density at radius 2 is 2.00 bits per heavy atom. The molecule has 0 atom stereocenters. The molecule has 0 aliphatic rings. The summed E-state index contributed by atoms with van der Waals surface area (Å²) in [6, 6.07) is 8.65. The van der Waals surface area contributed by atoms with Gasteiger partial charge in [-0.2, -0.15) is 5.26 Å². The van der Waals surface area contributed by atoms with Gasteiger partial charge in [-0.1, -0.05) is 0 Å². The summed E-state index contributed by atoms with van der Waals surface area (Å²) in [4.78, 5) is 3.88. The topological polar surface area (TPSA) is 75.8 Å². The minimum atomic E-state index is 0.231. The van der Waals surface area contributed by atoms with Crippen LogP contribution in [0, 0.1) is 11.3 Å². The van der Waals surface area contributed by atoms with Crippen LogP contribution in [0.2, 0.25) is 5.22 Å². The zero-order valence-corrected chi connectivity index (χ0v) is 9.48. The zero-order chi connectivity index (χ0) is 12.3. The highest BCUT2D eigenvalue weighted by molar-refractivity contribution is 6.28. The van der Waals surface area contributed by atoms with Crippen LogP contribution in [-0.4, -0.2) is 4.98 Å². The first kappa shape index (κ1) is 11.2. The Kier molecular flexibility index (Phi) is 3.12. The molecule has 2 heterocycles. The number of allylic oxidation sites excluding steroid dienone is 1. The van der Waals surface area contributed by atoms with Gasteiger partial charge in [0.2, 0.25) is 0 Å². The molecule has 0 aliphatic carbocycles. The lowest BCUT2D eigenvalue weighted by Crippen LogP contribution is -1.99. The normalized spacial score (nSPS) is 11.8. The summed E-state index contributed by atoms with van der Waals surface area (Å²) < 4.78 is 5.17. The number of aromatic nitrogens is 1. The third kappa shape index (κ3) is 2.30. The Morgan fingerprint density at radius 3 is 2.53 bits per heavy atom. The lowest BCUT2D eigenvalue weighted by atomic mass is 10.1. The van der Waals surface area contributed by atoms with Crippen LogP contribution < -0.4 is 5.73 Å². The molecule has 5 heteroatoms. The first-order valence-corrected chi connectivity index (χ1v) is 5.16. The fourth-order valence-corrected chi connectivity index (χ4v) is 1.53. The molecule has 4 nitrogen and oxygen atoms in total. The van der Waals surface area contributed by atoms with Gasteiger partial charge in [0.1, 0.15) is 6.07 Å². The third-order valence-corrected chi connectivity index (χ3v) is 2.39. The first-order valence-electron chi connectivity index (χ1n) is 4.78. The molecule has 2 aromatic heterocycles. The van der Waals surface area contributed by atoms with Crippen molar-refractivity contribution in [1.82, 2.24) is 4.98 Å². The molecule has 0 radical (unpaired) electrons. The van der Waals surface area contributed by atoms with Gasteiger partial charge in [-0.25, -0.2) is 0 Å². The highest BCUT2D eigenvalue weighted by Crippen LogP contribution is 2.24. The summed E-state index contributed by atoms with van der Waals surface area (Å²) in [6.45, 7) is 0. The number of hydrogen-bond donors (Lipinski definition) is 1. The van der Waals surface area contributed by atoms with Gasteiger partial charge in [0.05, 0.1) is 11.3 Å². The van der Waals surface area contributed by atoms with Crippen LogP contribution in [0.15, 0.2) is 41.1 Å². The molecule has 0 fully saturated rings. The van der Waals surface area contributed by atoms with Crippen molar-refractivity contribution in [3.8, 4) is 6.07 Å². The van der Waals surface area contributed by atoms with E-state index in [9.17, 15) is 0 Å². The second kappa shape index (κ2) is 4.73. The van der Waals surface area contributed by atoms with Gasteiger partial charge in [-0.05, 0) is 41.4 Å². The quantitative estimate of drug-likeness (QED) is 0.826. The molecule has 0 amide bonds. The molecule has 0 bridgehead atoms. The zero-order valence-electron chi connectivity index (χ0n) is 8.72. The Balaban J connectivity index is 2.52. The largest absolute Gasteiger partial charge is 0.443 e. The summed E-state index contributed by atoms with van der Waals surface area (Å²) in [5.74, 6) is 0.378. The van der Waals surface area contributed by atoms with E-state index in [1.165, 1.54) is 0 Å². The van der Waals surface area contributed by atoms with E-state index < -0.39 is 0 Å². The van der Waals surface area contributed by atoms with Crippen molar-refractivity contribution in [1.29, 1.82) is 5.26 Å². The summed E-state index contributed by atoms with van der Waals surface area (Å²) >= 11 is 5.66. The van der Waals surface area contributed by atoms with Crippen LogP contribution >= 0.6 is 11.6 Å². The van der Waals surface area contributed by atoms with Crippen molar-refractivity contribution in [2.75, 3.05) is 0 Å². The molecule has 84 valence electrons. The molecule has 2 N–H and O–H groups in total. The summed E-state index contributed by atoms with van der Waals surface area (Å²) in [7, 11) is 0. The summed E-state index contributed by atoms with van der Waals surface area (Å²) in [6.07, 6.45) is 3.18. The maximum Gasteiger partial charge on any atom is 0.194 e. The minimum Gasteiger partial charge on any atom is -0.443 e. The van der Waals surface area contributed by atoms with Crippen LogP contribution in [0.4, 0.5) is 0 Å². The molecule has 2 rings (SSSR count). The molecule has 17 heavy (non-hydrogen) atoms. The predicted molar refractivity (Wildman–Crippen MR) is 64.6 cm³/mol. The first-order chi connectivity index (χ1) is 8.22. The SMILES string of the molecule is N#C/C(=C(/N)c1ccc(Cl)o1)c1ccncc1. The third-order valence-electron chi connectivity index (χ3n) is 2.19. The molecule has 0 spiro atoms. The van der Waals surface area contributed by atoms with Gasteiger partial charge in [-0.3, -0.25) is 4.98 Å². The Morgan fingerprint density at radius 1 is 1.29 bits per heavy atom. The van der Waals surface area contributed by atoms with E-state index in [0.29, 0.717) is 16.9 Å². The number of rotatable bonds is 2. The van der Waals surface area contributed by atoms with E-state index in [-0.39, 0.29) is 10.9 Å². The van der Waals surface area contributed by atoms with Gasteiger partial charge in [0.25, 0.3) is 0 Å². The van der Waals surface area contributed by atoms with E-state index in [1.807, 2.05) is 6.07 Å². The minimum absolute atomic E-state index is 0.231. The number of halogens is 1. The Bertz CT molecular complexity index is 596. The van der Waals surface area contributed by atoms with E-state index in [1.54, 1.807) is 36.7 Å². The average Bonchev–Trinajstić information content (AvgIpc) is 2.78. The molecule has 0 saturated heterocycles. The molecule has 0 unspecified atom stereocenters. The Labute approximate surface area is 103 Å². The molecule has 0 aliphatic heterocycles. The second-order valence-electron chi connectivity index (χ2n) is 3.24. The number of pyridine rings is 1. The number of nitrogens with two attached hydrogens (primary N) is 1. The van der Waals surface area contributed by atoms with Gasteiger partial charge in [0, 0.05) is 12.4 Å². The van der Waals surface area contributed by atoms with Crippen LogP contribution in [0.25, 0.3) is 11.3 Å². The standard InChI is InChI=1S/C12H8ClN3O/c13-11-2-1-10(17-11)12(15)9(7-14)8-3-5-16-6-4-8/h1-6H,15H2/b12-9-. The maximum absolute atomic E-state index is 9.14. The van der Waals surface area contributed by atoms with Gasteiger partial charge >= 0.3 is 0 Å². The van der Waals surface area contributed by atoms with Crippen molar-refractivity contribution in [3.05, 3.63) is 53.2 Å². The van der Waals surface area contributed by atoms with Gasteiger partial charge in [-0.15, -0.1) is 0 Å². The van der Waals surface area contributed by atoms with Gasteiger partial charge in [0.15, 0.2) is 11.0 Å². The highest BCUT2D eigenvalue weighted by atomic mass is 35.5. The summed E-state index contributed by atoms with van der Waals surface area (Å²) in [5.41, 5.74) is 7.15. The van der Waals surface area contributed by atoms with Crippen molar-refractivity contribution < 1.29 is 4.42 Å². The van der Waals surface area contributed by atoms with Crippen molar-refractivity contribution >= 4 is 22.9 Å². The molecule has 2 aromatic rings. The van der Waals surface area contributed by atoms with Crippen molar-refractivity contribution in [2.45, 2.75) is 0 Å². The second-order valence-corrected chi connectivity index (χ2v) is 3.61. The van der Waals surface area contributed by atoms with E-state index >= 15 is 0 Å². The molecule has 0 aromatic carbocycles. The van der Waals surface area contributed by atoms with Gasteiger partial charge < -0.3 is 10.2 Å².